The number of carbonyl (C=O) groups excluding carboxylic acids is 2. The summed E-state index contributed by atoms with van der Waals surface area (Å²) in [6, 6.07) is 8.30. The third-order valence-electron chi connectivity index (χ3n) is 5.67. The minimum absolute atomic E-state index is 0.00323. The molecule has 1 N–H and O–H groups in total. The van der Waals surface area contributed by atoms with Crippen molar-refractivity contribution in [3.05, 3.63) is 29.8 Å². The van der Waals surface area contributed by atoms with Crippen LogP contribution in [0.2, 0.25) is 0 Å². The number of para-hydroxylation sites is 1. The fourth-order valence-corrected chi connectivity index (χ4v) is 4.03. The van der Waals surface area contributed by atoms with Crippen molar-refractivity contribution in [2.45, 2.75) is 64.8 Å². The molecule has 3 unspecified atom stereocenters. The topological polar surface area (TPSA) is 49.4 Å². The van der Waals surface area contributed by atoms with Crippen molar-refractivity contribution in [2.75, 3.05) is 11.9 Å². The van der Waals surface area contributed by atoms with Crippen molar-refractivity contribution in [3.8, 4) is 0 Å². The summed E-state index contributed by atoms with van der Waals surface area (Å²) in [5, 5.41) is 3.06. The molecular weight excluding hydrogens is 312 g/mol. The first-order chi connectivity index (χ1) is 12.0. The van der Waals surface area contributed by atoms with E-state index in [2.05, 4.69) is 32.2 Å². The Morgan fingerprint density at radius 1 is 1.20 bits per heavy atom. The number of nitrogens with zero attached hydrogens (tertiary/aromatic N) is 1. The Balaban J connectivity index is 1.61. The van der Waals surface area contributed by atoms with Crippen LogP contribution in [0.1, 0.15) is 64.4 Å². The van der Waals surface area contributed by atoms with Crippen LogP contribution < -0.4 is 5.32 Å². The summed E-state index contributed by atoms with van der Waals surface area (Å²) in [4.78, 5) is 27.5. The quantitative estimate of drug-likeness (QED) is 0.873. The van der Waals surface area contributed by atoms with Gasteiger partial charge in [0.2, 0.25) is 11.8 Å². The van der Waals surface area contributed by atoms with Gasteiger partial charge >= 0.3 is 0 Å². The van der Waals surface area contributed by atoms with Gasteiger partial charge in [0.05, 0.1) is 11.8 Å². The summed E-state index contributed by atoms with van der Waals surface area (Å²) in [7, 11) is 0. The van der Waals surface area contributed by atoms with Crippen LogP contribution in [0, 0.1) is 11.8 Å². The first-order valence-corrected chi connectivity index (χ1v) is 9.73. The summed E-state index contributed by atoms with van der Waals surface area (Å²) in [6.07, 6.45) is 5.11. The molecule has 0 bridgehead atoms. The summed E-state index contributed by atoms with van der Waals surface area (Å²) in [6.45, 7) is 7.25. The van der Waals surface area contributed by atoms with Gasteiger partial charge in [-0.15, -0.1) is 0 Å². The monoisotopic (exact) mass is 342 g/mol. The number of hydrogen-bond acceptors (Lipinski definition) is 2. The Kier molecular flexibility index (Phi) is 5.45. The van der Waals surface area contributed by atoms with Crippen LogP contribution >= 0.6 is 0 Å². The van der Waals surface area contributed by atoms with E-state index in [-0.39, 0.29) is 23.7 Å². The van der Waals surface area contributed by atoms with E-state index in [9.17, 15) is 9.59 Å². The highest BCUT2D eigenvalue weighted by Crippen LogP contribution is 2.42. The number of carbonyl (C=O) groups is 2. The lowest BCUT2D eigenvalue weighted by molar-refractivity contribution is -0.137. The van der Waals surface area contributed by atoms with Gasteiger partial charge in [0, 0.05) is 18.3 Å². The van der Waals surface area contributed by atoms with E-state index in [1.165, 1.54) is 6.42 Å². The van der Waals surface area contributed by atoms with Gasteiger partial charge in [-0.1, -0.05) is 39.0 Å². The Morgan fingerprint density at radius 3 is 2.68 bits per heavy atom. The molecule has 3 rings (SSSR count). The van der Waals surface area contributed by atoms with Gasteiger partial charge in [0.15, 0.2) is 0 Å². The first-order valence-electron chi connectivity index (χ1n) is 9.73. The molecule has 0 radical (unpaired) electrons. The lowest BCUT2D eigenvalue weighted by atomic mass is 9.99. The number of rotatable bonds is 5. The second kappa shape index (κ2) is 7.59. The fraction of sp³-hybridized carbons (Fsp3) is 0.619. The Hall–Kier alpha value is -1.84. The number of hydrogen-bond donors (Lipinski definition) is 1. The molecule has 1 saturated carbocycles. The van der Waals surface area contributed by atoms with Crippen molar-refractivity contribution >= 4 is 17.5 Å². The third-order valence-corrected chi connectivity index (χ3v) is 5.67. The smallest absolute Gasteiger partial charge is 0.228 e. The molecule has 1 aromatic carbocycles. The summed E-state index contributed by atoms with van der Waals surface area (Å²) >= 11 is 0. The van der Waals surface area contributed by atoms with Crippen molar-refractivity contribution in [3.63, 3.8) is 0 Å². The lowest BCUT2D eigenvalue weighted by Crippen LogP contribution is -2.44. The number of amides is 2. The molecule has 2 amide bonds. The standard InChI is InChI=1S/C21H30N2O2/c1-4-15-9-7-8-12-23(15)21(25)18-13-17(18)20(24)22-19-11-6-5-10-16(19)14(2)3/h5-6,10-11,14-15,17-18H,4,7-9,12-13H2,1-3H3,(H,22,24). The Morgan fingerprint density at radius 2 is 1.96 bits per heavy atom. The summed E-state index contributed by atoms with van der Waals surface area (Å²) in [5.74, 6) is 0.276. The van der Waals surface area contributed by atoms with Gasteiger partial charge < -0.3 is 10.2 Å². The zero-order chi connectivity index (χ0) is 18.0. The van der Waals surface area contributed by atoms with Gasteiger partial charge in [0.1, 0.15) is 0 Å². The highest BCUT2D eigenvalue weighted by molar-refractivity contribution is 6.00. The molecule has 1 heterocycles. The van der Waals surface area contributed by atoms with Crippen LogP contribution in [-0.4, -0.2) is 29.3 Å². The Labute approximate surface area is 151 Å². The predicted molar refractivity (Wildman–Crippen MR) is 100 cm³/mol. The second-order valence-electron chi connectivity index (χ2n) is 7.77. The van der Waals surface area contributed by atoms with E-state index in [1.807, 2.05) is 23.1 Å². The van der Waals surface area contributed by atoms with Crippen molar-refractivity contribution in [2.24, 2.45) is 11.8 Å². The molecular formula is C21H30N2O2. The molecule has 2 fully saturated rings. The normalized spacial score (nSPS) is 25.8. The zero-order valence-electron chi connectivity index (χ0n) is 15.6. The molecule has 0 spiro atoms. The maximum Gasteiger partial charge on any atom is 0.228 e. The third kappa shape index (κ3) is 3.88. The molecule has 4 nitrogen and oxygen atoms in total. The van der Waals surface area contributed by atoms with E-state index < -0.39 is 0 Å². The molecule has 1 aliphatic heterocycles. The molecule has 136 valence electrons. The summed E-state index contributed by atoms with van der Waals surface area (Å²) in [5.41, 5.74) is 2.02. The lowest BCUT2D eigenvalue weighted by Gasteiger charge is -2.35. The van der Waals surface area contributed by atoms with Gasteiger partial charge in [-0.3, -0.25) is 9.59 Å². The minimum Gasteiger partial charge on any atom is -0.339 e. The summed E-state index contributed by atoms with van der Waals surface area (Å²) < 4.78 is 0. The number of anilines is 1. The SMILES string of the molecule is CCC1CCCCN1C(=O)C1CC1C(=O)Nc1ccccc1C(C)C. The van der Waals surface area contributed by atoms with E-state index in [0.29, 0.717) is 18.4 Å². The number of nitrogens with one attached hydrogen (secondary N) is 1. The van der Waals surface area contributed by atoms with E-state index in [4.69, 9.17) is 0 Å². The van der Waals surface area contributed by atoms with E-state index >= 15 is 0 Å². The number of benzene rings is 1. The zero-order valence-corrected chi connectivity index (χ0v) is 15.6. The highest BCUT2D eigenvalue weighted by atomic mass is 16.2. The van der Waals surface area contributed by atoms with Crippen LogP contribution in [0.5, 0.6) is 0 Å². The van der Waals surface area contributed by atoms with Crippen molar-refractivity contribution in [1.29, 1.82) is 0 Å². The van der Waals surface area contributed by atoms with Gasteiger partial charge in [-0.05, 0) is 49.7 Å². The largest absolute Gasteiger partial charge is 0.339 e. The van der Waals surface area contributed by atoms with Crippen LogP contribution in [-0.2, 0) is 9.59 Å². The average molecular weight is 342 g/mol. The van der Waals surface area contributed by atoms with Gasteiger partial charge in [0.25, 0.3) is 0 Å². The maximum absolute atomic E-state index is 12.8. The number of likely N-dealkylation sites (tertiary alicyclic amines) is 1. The van der Waals surface area contributed by atoms with E-state index in [1.54, 1.807) is 0 Å². The molecule has 1 aliphatic carbocycles. The minimum atomic E-state index is -0.160. The molecule has 1 aromatic rings. The van der Waals surface area contributed by atoms with Crippen molar-refractivity contribution < 1.29 is 9.59 Å². The highest BCUT2D eigenvalue weighted by Gasteiger charge is 2.50. The van der Waals surface area contributed by atoms with Gasteiger partial charge in [-0.2, -0.15) is 0 Å². The fourth-order valence-electron chi connectivity index (χ4n) is 4.03. The van der Waals surface area contributed by atoms with Crippen LogP contribution in [0.15, 0.2) is 24.3 Å². The molecule has 4 heteroatoms. The molecule has 25 heavy (non-hydrogen) atoms. The average Bonchev–Trinajstić information content (AvgIpc) is 3.42. The second-order valence-corrected chi connectivity index (χ2v) is 7.77. The molecule has 0 aromatic heterocycles. The molecule has 2 aliphatic rings. The van der Waals surface area contributed by atoms with Gasteiger partial charge in [-0.25, -0.2) is 0 Å². The number of piperidine rings is 1. The predicted octanol–water partition coefficient (Wildman–Crippen LogP) is 4.18. The van der Waals surface area contributed by atoms with Crippen LogP contribution in [0.3, 0.4) is 0 Å². The molecule has 3 atom stereocenters. The van der Waals surface area contributed by atoms with Crippen LogP contribution in [0.25, 0.3) is 0 Å². The van der Waals surface area contributed by atoms with Crippen molar-refractivity contribution in [1.82, 2.24) is 4.90 Å². The van der Waals surface area contributed by atoms with Crippen LogP contribution in [0.4, 0.5) is 5.69 Å². The first kappa shape index (κ1) is 18.0. The maximum atomic E-state index is 12.8. The molecule has 1 saturated heterocycles. The Bertz CT molecular complexity index is 641. The van der Waals surface area contributed by atoms with E-state index in [0.717, 1.165) is 37.1 Å².